The molecular formula is C16H17NO2. The molecule has 0 unspecified atom stereocenters. The smallest absolute Gasteiger partial charge is 0.231 e. The van der Waals surface area contributed by atoms with Crippen LogP contribution >= 0.6 is 0 Å². The van der Waals surface area contributed by atoms with Gasteiger partial charge in [0.15, 0.2) is 11.5 Å². The Hall–Kier alpha value is -2.00. The summed E-state index contributed by atoms with van der Waals surface area (Å²) in [6.45, 7) is 3.31. The van der Waals surface area contributed by atoms with E-state index in [1.54, 1.807) is 0 Å². The quantitative estimate of drug-likeness (QED) is 0.909. The molecule has 1 atom stereocenters. The zero-order valence-corrected chi connectivity index (χ0v) is 10.9. The van der Waals surface area contributed by atoms with Crippen LogP contribution < -0.4 is 14.8 Å². The molecule has 1 heterocycles. The van der Waals surface area contributed by atoms with Crippen LogP contribution in [0.25, 0.3) is 0 Å². The van der Waals surface area contributed by atoms with Crippen molar-refractivity contribution in [2.75, 3.05) is 6.79 Å². The van der Waals surface area contributed by atoms with Crippen molar-refractivity contribution in [1.29, 1.82) is 0 Å². The van der Waals surface area contributed by atoms with E-state index in [1.165, 1.54) is 11.1 Å². The lowest BCUT2D eigenvalue weighted by atomic mass is 10.1. The number of fused-ring (bicyclic) bond motifs is 1. The highest BCUT2D eigenvalue weighted by atomic mass is 16.7. The number of benzene rings is 2. The molecule has 3 heteroatoms. The first-order valence-corrected chi connectivity index (χ1v) is 6.50. The van der Waals surface area contributed by atoms with Crippen LogP contribution in [0.4, 0.5) is 0 Å². The second kappa shape index (κ2) is 5.33. The Morgan fingerprint density at radius 3 is 2.68 bits per heavy atom. The summed E-state index contributed by atoms with van der Waals surface area (Å²) < 4.78 is 10.7. The Bertz CT molecular complexity index is 554. The number of ether oxygens (including phenoxy) is 2. The SMILES string of the molecule is C[C@H](NCc1ccc2c(c1)OCO2)c1ccccc1. The molecule has 3 nitrogen and oxygen atoms in total. The monoisotopic (exact) mass is 255 g/mol. The first-order valence-electron chi connectivity index (χ1n) is 6.50. The molecule has 98 valence electrons. The van der Waals surface area contributed by atoms with Crippen LogP contribution in [0.2, 0.25) is 0 Å². The molecule has 0 saturated carbocycles. The van der Waals surface area contributed by atoms with Crippen molar-refractivity contribution in [3.63, 3.8) is 0 Å². The zero-order valence-electron chi connectivity index (χ0n) is 10.9. The predicted octanol–water partition coefficient (Wildman–Crippen LogP) is 3.27. The molecule has 0 amide bonds. The van der Waals surface area contributed by atoms with Crippen LogP contribution in [-0.2, 0) is 6.54 Å². The molecular weight excluding hydrogens is 238 g/mol. The molecule has 0 aromatic heterocycles. The summed E-state index contributed by atoms with van der Waals surface area (Å²) in [5, 5.41) is 3.51. The highest BCUT2D eigenvalue weighted by molar-refractivity contribution is 5.44. The second-order valence-corrected chi connectivity index (χ2v) is 4.70. The van der Waals surface area contributed by atoms with E-state index in [9.17, 15) is 0 Å². The number of hydrogen-bond donors (Lipinski definition) is 1. The van der Waals surface area contributed by atoms with Gasteiger partial charge in [-0.3, -0.25) is 0 Å². The van der Waals surface area contributed by atoms with Gasteiger partial charge in [0, 0.05) is 12.6 Å². The van der Waals surface area contributed by atoms with Gasteiger partial charge >= 0.3 is 0 Å². The standard InChI is InChI=1S/C16H17NO2/c1-12(14-5-3-2-4-6-14)17-10-13-7-8-15-16(9-13)19-11-18-15/h2-9,12,17H,10-11H2,1H3/t12-/m0/s1. The van der Waals surface area contributed by atoms with Crippen molar-refractivity contribution in [3.8, 4) is 11.5 Å². The molecule has 0 saturated heterocycles. The molecule has 0 bridgehead atoms. The third-order valence-corrected chi connectivity index (χ3v) is 3.35. The highest BCUT2D eigenvalue weighted by Crippen LogP contribution is 2.32. The van der Waals surface area contributed by atoms with Crippen molar-refractivity contribution in [3.05, 3.63) is 59.7 Å². The lowest BCUT2D eigenvalue weighted by molar-refractivity contribution is 0.174. The maximum absolute atomic E-state index is 5.38. The van der Waals surface area contributed by atoms with Crippen LogP contribution in [0, 0.1) is 0 Å². The number of rotatable bonds is 4. The van der Waals surface area contributed by atoms with Crippen molar-refractivity contribution >= 4 is 0 Å². The maximum atomic E-state index is 5.38. The van der Waals surface area contributed by atoms with E-state index in [-0.39, 0.29) is 0 Å². The topological polar surface area (TPSA) is 30.5 Å². The van der Waals surface area contributed by atoms with Crippen molar-refractivity contribution in [2.45, 2.75) is 19.5 Å². The van der Waals surface area contributed by atoms with Gasteiger partial charge in [-0.2, -0.15) is 0 Å². The normalized spacial score (nSPS) is 14.4. The average molecular weight is 255 g/mol. The van der Waals surface area contributed by atoms with Gasteiger partial charge in [-0.25, -0.2) is 0 Å². The summed E-state index contributed by atoms with van der Waals surface area (Å²) in [5.74, 6) is 1.67. The van der Waals surface area contributed by atoms with Gasteiger partial charge in [-0.05, 0) is 30.2 Å². The molecule has 2 aromatic carbocycles. The molecule has 1 aliphatic heterocycles. The third-order valence-electron chi connectivity index (χ3n) is 3.35. The Morgan fingerprint density at radius 2 is 1.84 bits per heavy atom. The van der Waals surface area contributed by atoms with Gasteiger partial charge in [-0.15, -0.1) is 0 Å². The van der Waals surface area contributed by atoms with Crippen LogP contribution in [0.15, 0.2) is 48.5 Å². The largest absolute Gasteiger partial charge is 0.454 e. The van der Waals surface area contributed by atoms with E-state index in [4.69, 9.17) is 9.47 Å². The van der Waals surface area contributed by atoms with E-state index in [0.717, 1.165) is 18.0 Å². The van der Waals surface area contributed by atoms with Gasteiger partial charge < -0.3 is 14.8 Å². The van der Waals surface area contributed by atoms with Gasteiger partial charge in [0.25, 0.3) is 0 Å². The summed E-state index contributed by atoms with van der Waals surface area (Å²) in [4.78, 5) is 0. The van der Waals surface area contributed by atoms with Gasteiger partial charge in [-0.1, -0.05) is 36.4 Å². The average Bonchev–Trinajstić information content (AvgIpc) is 2.93. The lowest BCUT2D eigenvalue weighted by Crippen LogP contribution is -2.17. The molecule has 0 fully saturated rings. The molecule has 1 aliphatic rings. The molecule has 3 rings (SSSR count). The van der Waals surface area contributed by atoms with Crippen molar-refractivity contribution < 1.29 is 9.47 Å². The fourth-order valence-corrected chi connectivity index (χ4v) is 2.18. The fourth-order valence-electron chi connectivity index (χ4n) is 2.18. The first kappa shape index (κ1) is 12.1. The number of nitrogens with one attached hydrogen (secondary N) is 1. The van der Waals surface area contributed by atoms with E-state index in [1.807, 2.05) is 18.2 Å². The third kappa shape index (κ3) is 2.71. The van der Waals surface area contributed by atoms with E-state index >= 15 is 0 Å². The summed E-state index contributed by atoms with van der Waals surface area (Å²) in [6.07, 6.45) is 0. The van der Waals surface area contributed by atoms with E-state index < -0.39 is 0 Å². The van der Waals surface area contributed by atoms with Crippen LogP contribution in [0.3, 0.4) is 0 Å². The van der Waals surface area contributed by atoms with E-state index in [2.05, 4.69) is 42.6 Å². The summed E-state index contributed by atoms with van der Waals surface area (Å²) in [5.41, 5.74) is 2.50. The summed E-state index contributed by atoms with van der Waals surface area (Å²) in [6, 6.07) is 16.8. The molecule has 0 radical (unpaired) electrons. The van der Waals surface area contributed by atoms with Gasteiger partial charge in [0.2, 0.25) is 6.79 Å². The molecule has 2 aromatic rings. The Morgan fingerprint density at radius 1 is 1.05 bits per heavy atom. The predicted molar refractivity (Wildman–Crippen MR) is 74.3 cm³/mol. The Kier molecular flexibility index (Phi) is 3.38. The second-order valence-electron chi connectivity index (χ2n) is 4.70. The fraction of sp³-hybridized carbons (Fsp3) is 0.250. The molecule has 1 N–H and O–H groups in total. The highest BCUT2D eigenvalue weighted by Gasteiger charge is 2.13. The van der Waals surface area contributed by atoms with Crippen LogP contribution in [0.5, 0.6) is 11.5 Å². The van der Waals surface area contributed by atoms with Crippen LogP contribution in [0.1, 0.15) is 24.1 Å². The molecule has 19 heavy (non-hydrogen) atoms. The Balaban J connectivity index is 1.63. The minimum Gasteiger partial charge on any atom is -0.454 e. The molecule has 0 spiro atoms. The zero-order chi connectivity index (χ0) is 13.1. The first-order chi connectivity index (χ1) is 9.33. The summed E-state index contributed by atoms with van der Waals surface area (Å²) >= 11 is 0. The van der Waals surface area contributed by atoms with Crippen molar-refractivity contribution in [2.24, 2.45) is 0 Å². The minimum atomic E-state index is 0.326. The minimum absolute atomic E-state index is 0.326. The lowest BCUT2D eigenvalue weighted by Gasteiger charge is -2.14. The number of hydrogen-bond acceptors (Lipinski definition) is 3. The van der Waals surface area contributed by atoms with Crippen LogP contribution in [-0.4, -0.2) is 6.79 Å². The summed E-state index contributed by atoms with van der Waals surface area (Å²) in [7, 11) is 0. The van der Waals surface area contributed by atoms with E-state index in [0.29, 0.717) is 12.8 Å². The van der Waals surface area contributed by atoms with Gasteiger partial charge in [0.1, 0.15) is 0 Å². The maximum Gasteiger partial charge on any atom is 0.231 e. The van der Waals surface area contributed by atoms with Gasteiger partial charge in [0.05, 0.1) is 0 Å². The van der Waals surface area contributed by atoms with Crippen molar-refractivity contribution in [1.82, 2.24) is 5.32 Å². The molecule has 0 aliphatic carbocycles. The Labute approximate surface area is 113 Å².